The highest BCUT2D eigenvalue weighted by Crippen LogP contribution is 2.04. The largest absolute Gasteiger partial charge is 0.394 e. The Morgan fingerprint density at radius 2 is 1.85 bits per heavy atom. The van der Waals surface area contributed by atoms with Gasteiger partial charge < -0.3 is 25.2 Å². The summed E-state index contributed by atoms with van der Waals surface area (Å²) in [6, 6.07) is 0. The summed E-state index contributed by atoms with van der Waals surface area (Å²) in [4.78, 5) is 14.2. The van der Waals surface area contributed by atoms with Crippen LogP contribution in [-0.2, 0) is 9.63 Å². The first kappa shape index (κ1) is 12.4. The Kier molecular flexibility index (Phi) is 5.71. The van der Waals surface area contributed by atoms with Crippen molar-refractivity contribution >= 4 is 6.29 Å². The molecule has 0 heterocycles. The highest BCUT2D eigenvalue weighted by atomic mass is 16.6. The number of aldehydes is 1. The second-order valence-electron chi connectivity index (χ2n) is 2.47. The van der Waals surface area contributed by atoms with Crippen LogP contribution < -0.4 is 5.90 Å². The lowest BCUT2D eigenvalue weighted by Crippen LogP contribution is -2.48. The van der Waals surface area contributed by atoms with Crippen LogP contribution in [-0.4, -0.2) is 57.7 Å². The number of rotatable bonds is 6. The predicted octanol–water partition coefficient (Wildman–Crippen LogP) is -3.48. The maximum absolute atomic E-state index is 10.2. The molecule has 0 radical (unpaired) electrons. The van der Waals surface area contributed by atoms with Crippen molar-refractivity contribution in [2.45, 2.75) is 24.4 Å². The van der Waals surface area contributed by atoms with Crippen LogP contribution in [0.2, 0.25) is 0 Å². The van der Waals surface area contributed by atoms with E-state index >= 15 is 0 Å². The zero-order chi connectivity index (χ0) is 10.4. The summed E-state index contributed by atoms with van der Waals surface area (Å²) in [5, 5.41) is 35.5. The van der Waals surface area contributed by atoms with Gasteiger partial charge in [-0.15, -0.1) is 0 Å². The minimum Gasteiger partial charge on any atom is -0.394 e. The minimum atomic E-state index is -1.69. The standard InChI is InChI=1S/C6H13NO6/c7-13-4(2-9)6(12)5(11)3(10)1-8/h2-6,8,10-12H,1,7H2/t3-,4-,5-,6-/m1/s1. The Labute approximate surface area is 74.3 Å². The molecule has 4 atom stereocenters. The van der Waals surface area contributed by atoms with E-state index in [0.717, 1.165) is 0 Å². The van der Waals surface area contributed by atoms with Crippen LogP contribution in [0.5, 0.6) is 0 Å². The van der Waals surface area contributed by atoms with Crippen molar-refractivity contribution < 1.29 is 30.1 Å². The van der Waals surface area contributed by atoms with E-state index in [9.17, 15) is 4.79 Å². The summed E-state index contributed by atoms with van der Waals surface area (Å²) in [6.45, 7) is -0.742. The molecule has 0 fully saturated rings. The molecule has 7 heteroatoms. The number of hydrogen-bond donors (Lipinski definition) is 5. The van der Waals surface area contributed by atoms with Crippen molar-refractivity contribution in [3.05, 3.63) is 0 Å². The third-order valence-electron chi connectivity index (χ3n) is 1.56. The average molecular weight is 195 g/mol. The summed E-state index contributed by atoms with van der Waals surface area (Å²) in [7, 11) is 0. The van der Waals surface area contributed by atoms with E-state index in [2.05, 4.69) is 10.7 Å². The van der Waals surface area contributed by atoms with Crippen molar-refractivity contribution in [1.29, 1.82) is 0 Å². The third kappa shape index (κ3) is 3.35. The van der Waals surface area contributed by atoms with E-state index in [0.29, 0.717) is 0 Å². The molecule has 0 bridgehead atoms. The monoisotopic (exact) mass is 195 g/mol. The van der Waals surface area contributed by atoms with E-state index in [1.807, 2.05) is 0 Å². The van der Waals surface area contributed by atoms with Crippen LogP contribution in [0.3, 0.4) is 0 Å². The van der Waals surface area contributed by atoms with Crippen molar-refractivity contribution in [3.8, 4) is 0 Å². The fourth-order valence-corrected chi connectivity index (χ4v) is 0.723. The lowest BCUT2D eigenvalue weighted by molar-refractivity contribution is -0.146. The van der Waals surface area contributed by atoms with Gasteiger partial charge in [0, 0.05) is 0 Å². The fourth-order valence-electron chi connectivity index (χ4n) is 0.723. The van der Waals surface area contributed by atoms with Gasteiger partial charge in [0.25, 0.3) is 0 Å². The maximum Gasteiger partial charge on any atom is 0.162 e. The van der Waals surface area contributed by atoms with Crippen molar-refractivity contribution in [3.63, 3.8) is 0 Å². The van der Waals surface area contributed by atoms with Gasteiger partial charge in [-0.05, 0) is 0 Å². The van der Waals surface area contributed by atoms with Crippen molar-refractivity contribution in [2.75, 3.05) is 6.61 Å². The lowest BCUT2D eigenvalue weighted by atomic mass is 10.0. The average Bonchev–Trinajstić information content (AvgIpc) is 2.17. The van der Waals surface area contributed by atoms with E-state index in [1.165, 1.54) is 0 Å². The van der Waals surface area contributed by atoms with Gasteiger partial charge in [-0.1, -0.05) is 0 Å². The summed E-state index contributed by atoms with van der Waals surface area (Å²) in [5.41, 5.74) is 0. The third-order valence-corrected chi connectivity index (χ3v) is 1.56. The van der Waals surface area contributed by atoms with Gasteiger partial charge in [0.1, 0.15) is 18.3 Å². The lowest BCUT2D eigenvalue weighted by Gasteiger charge is -2.23. The molecule has 0 saturated heterocycles. The van der Waals surface area contributed by atoms with Crippen molar-refractivity contribution in [1.82, 2.24) is 0 Å². The number of carbonyl (C=O) groups excluding carboxylic acids is 1. The molecular formula is C6H13NO6. The maximum atomic E-state index is 10.2. The number of carbonyl (C=O) groups is 1. The van der Waals surface area contributed by atoms with Gasteiger partial charge >= 0.3 is 0 Å². The van der Waals surface area contributed by atoms with E-state index in [4.69, 9.17) is 20.4 Å². The number of nitrogens with two attached hydrogens (primary N) is 1. The van der Waals surface area contributed by atoms with Crippen LogP contribution >= 0.6 is 0 Å². The molecule has 0 aliphatic heterocycles. The molecule has 0 rings (SSSR count). The molecule has 0 unspecified atom stereocenters. The molecule has 0 amide bonds. The van der Waals surface area contributed by atoms with Crippen LogP contribution in [0.4, 0.5) is 0 Å². The summed E-state index contributed by atoms with van der Waals surface area (Å²) in [6.07, 6.45) is -6.17. The Morgan fingerprint density at radius 3 is 2.15 bits per heavy atom. The molecular weight excluding hydrogens is 182 g/mol. The van der Waals surface area contributed by atoms with Gasteiger partial charge in [-0.25, -0.2) is 5.90 Å². The molecule has 13 heavy (non-hydrogen) atoms. The van der Waals surface area contributed by atoms with Gasteiger partial charge in [0.05, 0.1) is 6.61 Å². The predicted molar refractivity (Wildman–Crippen MR) is 40.2 cm³/mol. The molecule has 0 spiro atoms. The van der Waals surface area contributed by atoms with Crippen LogP contribution in [0, 0.1) is 0 Å². The molecule has 0 saturated carbocycles. The molecule has 0 aromatic heterocycles. The molecule has 7 nitrogen and oxygen atoms in total. The van der Waals surface area contributed by atoms with Crippen LogP contribution in [0.25, 0.3) is 0 Å². The Hall–Kier alpha value is -0.570. The van der Waals surface area contributed by atoms with E-state index in [-0.39, 0.29) is 6.29 Å². The smallest absolute Gasteiger partial charge is 0.162 e. The first-order chi connectivity index (χ1) is 6.08. The first-order valence-electron chi connectivity index (χ1n) is 3.54. The zero-order valence-corrected chi connectivity index (χ0v) is 6.78. The van der Waals surface area contributed by atoms with Crippen molar-refractivity contribution in [2.24, 2.45) is 5.90 Å². The number of aliphatic hydroxyl groups excluding tert-OH is 4. The number of aliphatic hydroxyl groups is 4. The van der Waals surface area contributed by atoms with Crippen LogP contribution in [0.15, 0.2) is 0 Å². The normalized spacial score (nSPS) is 20.4. The van der Waals surface area contributed by atoms with Gasteiger partial charge in [-0.3, -0.25) is 4.84 Å². The number of hydrogen-bond acceptors (Lipinski definition) is 7. The van der Waals surface area contributed by atoms with Gasteiger partial charge in [0.15, 0.2) is 12.4 Å². The minimum absolute atomic E-state index is 0.179. The Morgan fingerprint density at radius 1 is 1.31 bits per heavy atom. The highest BCUT2D eigenvalue weighted by Gasteiger charge is 2.31. The van der Waals surface area contributed by atoms with Crippen LogP contribution in [0.1, 0.15) is 0 Å². The summed E-state index contributed by atoms with van der Waals surface area (Å²) >= 11 is 0. The second-order valence-corrected chi connectivity index (χ2v) is 2.47. The van der Waals surface area contributed by atoms with E-state index < -0.39 is 31.0 Å². The molecule has 78 valence electrons. The summed E-state index contributed by atoms with van der Waals surface area (Å²) in [5.74, 6) is 4.62. The Balaban J connectivity index is 4.21. The summed E-state index contributed by atoms with van der Waals surface area (Å²) < 4.78 is 0. The Bertz CT molecular complexity index is 154. The first-order valence-corrected chi connectivity index (χ1v) is 3.54. The quantitative estimate of drug-likeness (QED) is 0.219. The van der Waals surface area contributed by atoms with E-state index in [1.54, 1.807) is 0 Å². The fraction of sp³-hybridized carbons (Fsp3) is 0.833. The molecule has 0 aliphatic rings. The molecule has 6 N–H and O–H groups in total. The van der Waals surface area contributed by atoms with Gasteiger partial charge in [-0.2, -0.15) is 0 Å². The SMILES string of the molecule is NO[C@H](C=O)[C@@H](O)[C@H](O)[C@H](O)CO. The van der Waals surface area contributed by atoms with Gasteiger partial charge in [0.2, 0.25) is 0 Å². The zero-order valence-electron chi connectivity index (χ0n) is 6.78. The highest BCUT2D eigenvalue weighted by molar-refractivity contribution is 5.57. The molecule has 0 aromatic carbocycles. The molecule has 0 aromatic rings. The topological polar surface area (TPSA) is 133 Å². The molecule has 0 aliphatic carbocycles. The second kappa shape index (κ2) is 5.97.